The summed E-state index contributed by atoms with van der Waals surface area (Å²) in [6.07, 6.45) is 2.71. The van der Waals surface area contributed by atoms with Gasteiger partial charge in [0.25, 0.3) is 0 Å². The van der Waals surface area contributed by atoms with Gasteiger partial charge in [-0.3, -0.25) is 4.79 Å². The predicted octanol–water partition coefficient (Wildman–Crippen LogP) is 3.08. The van der Waals surface area contributed by atoms with Gasteiger partial charge in [0, 0.05) is 18.7 Å². The van der Waals surface area contributed by atoms with Crippen molar-refractivity contribution in [1.29, 1.82) is 0 Å². The lowest BCUT2D eigenvalue weighted by molar-refractivity contribution is -0.117. The molecule has 7 nitrogen and oxygen atoms in total. The van der Waals surface area contributed by atoms with Gasteiger partial charge < -0.3 is 20.0 Å². The third kappa shape index (κ3) is 3.51. The second-order valence-electron chi connectivity index (χ2n) is 5.48. The number of carbonyl (C=O) groups excluding carboxylic acids is 2. The maximum Gasteiger partial charge on any atom is 0.319 e. The molecule has 1 aliphatic heterocycles. The molecule has 0 aliphatic carbocycles. The van der Waals surface area contributed by atoms with Crippen LogP contribution >= 0.6 is 11.6 Å². The van der Waals surface area contributed by atoms with E-state index in [0.29, 0.717) is 35.1 Å². The van der Waals surface area contributed by atoms with E-state index in [4.69, 9.17) is 16.0 Å². The first-order valence-electron chi connectivity index (χ1n) is 7.58. The summed E-state index contributed by atoms with van der Waals surface area (Å²) in [5.74, 6) is 0.733. The smallest absolute Gasteiger partial charge is 0.319 e. The number of oxazole rings is 1. The van der Waals surface area contributed by atoms with Gasteiger partial charge in [-0.2, -0.15) is 0 Å². The summed E-state index contributed by atoms with van der Waals surface area (Å²) in [6, 6.07) is 4.73. The van der Waals surface area contributed by atoms with E-state index in [1.54, 1.807) is 30.0 Å². The van der Waals surface area contributed by atoms with Crippen LogP contribution in [-0.4, -0.2) is 23.5 Å². The second kappa shape index (κ2) is 6.92. The summed E-state index contributed by atoms with van der Waals surface area (Å²) in [7, 11) is 0. The van der Waals surface area contributed by atoms with Gasteiger partial charge in [-0.1, -0.05) is 11.6 Å². The van der Waals surface area contributed by atoms with E-state index in [0.717, 1.165) is 12.1 Å². The van der Waals surface area contributed by atoms with Crippen molar-refractivity contribution in [3.63, 3.8) is 0 Å². The minimum atomic E-state index is -0.413. The summed E-state index contributed by atoms with van der Waals surface area (Å²) in [5, 5.41) is 5.78. The Balaban J connectivity index is 1.66. The van der Waals surface area contributed by atoms with Gasteiger partial charge in [0.15, 0.2) is 6.39 Å². The molecule has 3 rings (SSSR count). The summed E-state index contributed by atoms with van der Waals surface area (Å²) in [5.41, 5.74) is 1.83. The van der Waals surface area contributed by atoms with Crippen molar-refractivity contribution in [2.45, 2.75) is 26.3 Å². The highest BCUT2D eigenvalue weighted by Crippen LogP contribution is 2.29. The molecule has 1 fully saturated rings. The van der Waals surface area contributed by atoms with Gasteiger partial charge in [0.05, 0.1) is 17.3 Å². The number of rotatable bonds is 4. The quantitative estimate of drug-likeness (QED) is 0.888. The Morgan fingerprint density at radius 2 is 2.29 bits per heavy atom. The van der Waals surface area contributed by atoms with Crippen LogP contribution < -0.4 is 15.5 Å². The van der Waals surface area contributed by atoms with E-state index >= 15 is 0 Å². The predicted molar refractivity (Wildman–Crippen MR) is 90.1 cm³/mol. The third-order valence-corrected chi connectivity index (χ3v) is 4.17. The summed E-state index contributed by atoms with van der Waals surface area (Å²) >= 11 is 6.14. The van der Waals surface area contributed by atoms with E-state index in [9.17, 15) is 9.59 Å². The zero-order valence-electron chi connectivity index (χ0n) is 13.1. The molecule has 0 saturated carbocycles. The molecule has 0 atom stereocenters. The number of aromatic nitrogens is 1. The van der Waals surface area contributed by atoms with Crippen LogP contribution in [0.1, 0.15) is 24.3 Å². The van der Waals surface area contributed by atoms with Crippen molar-refractivity contribution in [2.24, 2.45) is 0 Å². The average molecular weight is 349 g/mol. The molecule has 8 heteroatoms. The molecule has 0 bridgehead atoms. The number of anilines is 2. The second-order valence-corrected chi connectivity index (χ2v) is 5.88. The van der Waals surface area contributed by atoms with Crippen LogP contribution in [0.5, 0.6) is 0 Å². The number of hydrogen-bond acceptors (Lipinski definition) is 4. The minimum Gasteiger partial charge on any atom is -0.448 e. The van der Waals surface area contributed by atoms with E-state index in [2.05, 4.69) is 15.6 Å². The highest BCUT2D eigenvalue weighted by atomic mass is 35.5. The van der Waals surface area contributed by atoms with Crippen LogP contribution in [0.15, 0.2) is 29.0 Å². The molecule has 2 heterocycles. The summed E-state index contributed by atoms with van der Waals surface area (Å²) < 4.78 is 5.08. The monoisotopic (exact) mass is 348 g/mol. The molecule has 0 radical (unpaired) electrons. The topological polar surface area (TPSA) is 87.5 Å². The number of carbonyl (C=O) groups is 2. The molecule has 126 valence electrons. The van der Waals surface area contributed by atoms with Crippen molar-refractivity contribution in [1.82, 2.24) is 10.3 Å². The Morgan fingerprint density at radius 3 is 2.96 bits per heavy atom. The number of nitrogens with zero attached hydrogens (tertiary/aromatic N) is 2. The van der Waals surface area contributed by atoms with E-state index < -0.39 is 6.03 Å². The molecular formula is C16H17ClN4O3. The fraction of sp³-hybridized carbons (Fsp3) is 0.312. The fourth-order valence-corrected chi connectivity index (χ4v) is 2.69. The Kier molecular flexibility index (Phi) is 4.71. The molecule has 1 saturated heterocycles. The molecule has 0 spiro atoms. The Morgan fingerprint density at radius 1 is 1.46 bits per heavy atom. The molecule has 0 unspecified atom stereocenters. The molecular weight excluding hydrogens is 332 g/mol. The first-order valence-corrected chi connectivity index (χ1v) is 7.96. The molecule has 1 aromatic carbocycles. The van der Waals surface area contributed by atoms with Crippen LogP contribution in [0.4, 0.5) is 16.2 Å². The largest absolute Gasteiger partial charge is 0.448 e. The minimum absolute atomic E-state index is 0.0780. The SMILES string of the molecule is Cc1ocnc1CNC(=O)Nc1cc(N2CCCC2=O)ccc1Cl. The van der Waals surface area contributed by atoms with Crippen molar-refractivity contribution in [3.8, 4) is 0 Å². The highest BCUT2D eigenvalue weighted by molar-refractivity contribution is 6.33. The van der Waals surface area contributed by atoms with Gasteiger partial charge in [-0.25, -0.2) is 9.78 Å². The number of urea groups is 1. The maximum atomic E-state index is 12.0. The Bertz CT molecular complexity index is 774. The van der Waals surface area contributed by atoms with Crippen LogP contribution in [0.25, 0.3) is 0 Å². The third-order valence-electron chi connectivity index (χ3n) is 3.84. The lowest BCUT2D eigenvalue weighted by Gasteiger charge is -2.17. The lowest BCUT2D eigenvalue weighted by atomic mass is 10.2. The van der Waals surface area contributed by atoms with Crippen LogP contribution in [0, 0.1) is 6.92 Å². The standard InChI is InChI=1S/C16H17ClN4O3/c1-10-14(19-9-24-10)8-18-16(23)20-13-7-11(4-5-12(13)17)21-6-2-3-15(21)22/h4-5,7,9H,2-3,6,8H2,1H3,(H2,18,20,23). The van der Waals surface area contributed by atoms with Crippen LogP contribution in [-0.2, 0) is 11.3 Å². The van der Waals surface area contributed by atoms with Crippen molar-refractivity contribution < 1.29 is 14.0 Å². The number of aryl methyl sites for hydroxylation is 1. The molecule has 1 aliphatic rings. The summed E-state index contributed by atoms with van der Waals surface area (Å²) in [4.78, 5) is 29.6. The van der Waals surface area contributed by atoms with Crippen molar-refractivity contribution in [3.05, 3.63) is 41.1 Å². The Hall–Kier alpha value is -2.54. The Labute approximate surface area is 144 Å². The van der Waals surface area contributed by atoms with E-state index in [-0.39, 0.29) is 12.5 Å². The molecule has 2 aromatic rings. The van der Waals surface area contributed by atoms with E-state index in [1.165, 1.54) is 6.39 Å². The number of hydrogen-bond donors (Lipinski definition) is 2. The lowest BCUT2D eigenvalue weighted by Crippen LogP contribution is -2.29. The van der Waals surface area contributed by atoms with Gasteiger partial charge in [0.1, 0.15) is 11.5 Å². The summed E-state index contributed by atoms with van der Waals surface area (Å²) in [6.45, 7) is 2.70. The highest BCUT2D eigenvalue weighted by Gasteiger charge is 2.22. The van der Waals surface area contributed by atoms with Crippen molar-refractivity contribution >= 4 is 34.9 Å². The van der Waals surface area contributed by atoms with Gasteiger partial charge in [0.2, 0.25) is 5.91 Å². The number of halogens is 1. The van der Waals surface area contributed by atoms with Gasteiger partial charge in [-0.05, 0) is 31.5 Å². The average Bonchev–Trinajstić information content (AvgIpc) is 3.16. The van der Waals surface area contributed by atoms with Crippen LogP contribution in [0.2, 0.25) is 5.02 Å². The number of amides is 3. The normalized spacial score (nSPS) is 14.1. The van der Waals surface area contributed by atoms with Gasteiger partial charge >= 0.3 is 6.03 Å². The van der Waals surface area contributed by atoms with Gasteiger partial charge in [-0.15, -0.1) is 0 Å². The number of nitrogens with one attached hydrogen (secondary N) is 2. The van der Waals surface area contributed by atoms with E-state index in [1.807, 2.05) is 0 Å². The molecule has 2 N–H and O–H groups in total. The molecule has 3 amide bonds. The first-order chi connectivity index (χ1) is 11.5. The maximum absolute atomic E-state index is 12.0. The molecule has 24 heavy (non-hydrogen) atoms. The fourth-order valence-electron chi connectivity index (χ4n) is 2.53. The number of benzene rings is 1. The van der Waals surface area contributed by atoms with Crippen LogP contribution in [0.3, 0.4) is 0 Å². The zero-order valence-corrected chi connectivity index (χ0v) is 13.9. The molecule has 1 aromatic heterocycles. The zero-order chi connectivity index (χ0) is 17.1. The first kappa shape index (κ1) is 16.3. The van der Waals surface area contributed by atoms with Crippen molar-refractivity contribution in [2.75, 3.05) is 16.8 Å².